The fraction of sp³-hybridized carbons (Fsp3) is 0.143. The topological polar surface area (TPSA) is 72.6 Å². The number of benzene rings is 2. The van der Waals surface area contributed by atoms with Crippen molar-refractivity contribution in [1.82, 2.24) is 0 Å². The molecule has 2 rings (SSSR count). The molecule has 0 bridgehead atoms. The smallest absolute Gasteiger partial charge is 0.305 e. The van der Waals surface area contributed by atoms with Crippen LogP contribution in [-0.4, -0.2) is 10.0 Å². The van der Waals surface area contributed by atoms with Gasteiger partial charge >= 0.3 is 5.69 Å². The number of hydrogen-bond donors (Lipinski definition) is 1. The molecule has 5 nitrogen and oxygen atoms in total. The van der Waals surface area contributed by atoms with Gasteiger partial charge < -0.3 is 9.84 Å². The molecular formula is C14H11F2NO4. The highest BCUT2D eigenvalue weighted by atomic mass is 19.1. The summed E-state index contributed by atoms with van der Waals surface area (Å²) in [4.78, 5) is 9.66. The fourth-order valence-electron chi connectivity index (χ4n) is 1.84. The number of halogens is 2. The molecule has 0 aliphatic rings. The molecule has 1 atom stereocenters. The van der Waals surface area contributed by atoms with Gasteiger partial charge in [-0.15, -0.1) is 0 Å². The monoisotopic (exact) mass is 295 g/mol. The molecular weight excluding hydrogens is 284 g/mol. The van der Waals surface area contributed by atoms with E-state index in [2.05, 4.69) is 0 Å². The van der Waals surface area contributed by atoms with Gasteiger partial charge in [0.1, 0.15) is 17.3 Å². The zero-order chi connectivity index (χ0) is 15.6. The van der Waals surface area contributed by atoms with E-state index in [4.69, 9.17) is 4.74 Å². The summed E-state index contributed by atoms with van der Waals surface area (Å²) in [6.45, 7) is 1.36. The Hall–Kier alpha value is -2.54. The fourth-order valence-corrected chi connectivity index (χ4v) is 1.84. The summed E-state index contributed by atoms with van der Waals surface area (Å²) in [7, 11) is 0. The van der Waals surface area contributed by atoms with Gasteiger partial charge in [0, 0.05) is 12.1 Å². The van der Waals surface area contributed by atoms with Gasteiger partial charge in [0.15, 0.2) is 0 Å². The van der Waals surface area contributed by atoms with Gasteiger partial charge in [-0.25, -0.2) is 4.39 Å². The predicted octanol–water partition coefficient (Wildman–Crippen LogP) is 3.72. The summed E-state index contributed by atoms with van der Waals surface area (Å²) in [5.74, 6) is -1.75. The summed E-state index contributed by atoms with van der Waals surface area (Å²) in [6, 6.07) is 6.91. The van der Waals surface area contributed by atoms with Crippen molar-refractivity contribution in [3.05, 3.63) is 63.7 Å². The van der Waals surface area contributed by atoms with Gasteiger partial charge in [0.2, 0.25) is 5.82 Å². The first-order valence-corrected chi connectivity index (χ1v) is 5.98. The summed E-state index contributed by atoms with van der Waals surface area (Å²) >= 11 is 0. The molecule has 7 heteroatoms. The minimum Gasteiger partial charge on any atom is -0.457 e. The van der Waals surface area contributed by atoms with Crippen molar-refractivity contribution in [2.24, 2.45) is 0 Å². The van der Waals surface area contributed by atoms with Gasteiger partial charge in [-0.3, -0.25) is 10.1 Å². The van der Waals surface area contributed by atoms with E-state index in [1.807, 2.05) is 0 Å². The molecule has 0 spiro atoms. The normalized spacial score (nSPS) is 12.0. The zero-order valence-corrected chi connectivity index (χ0v) is 10.9. The highest BCUT2D eigenvalue weighted by Crippen LogP contribution is 2.33. The van der Waals surface area contributed by atoms with E-state index in [1.54, 1.807) is 0 Å². The van der Waals surface area contributed by atoms with Crippen molar-refractivity contribution in [1.29, 1.82) is 0 Å². The number of nitrogens with zero attached hydrogens (tertiary/aromatic N) is 1. The number of nitro groups is 1. The molecule has 0 aliphatic carbocycles. The molecule has 1 unspecified atom stereocenters. The number of hydrogen-bond acceptors (Lipinski definition) is 4. The Kier molecular flexibility index (Phi) is 4.13. The van der Waals surface area contributed by atoms with Crippen LogP contribution < -0.4 is 4.74 Å². The largest absolute Gasteiger partial charge is 0.457 e. The lowest BCUT2D eigenvalue weighted by Crippen LogP contribution is -2.00. The van der Waals surface area contributed by atoms with E-state index >= 15 is 0 Å². The van der Waals surface area contributed by atoms with Crippen molar-refractivity contribution in [2.75, 3.05) is 0 Å². The highest BCUT2D eigenvalue weighted by molar-refractivity contribution is 5.43. The first-order chi connectivity index (χ1) is 9.90. The Labute approximate surface area is 118 Å². The van der Waals surface area contributed by atoms with Crippen LogP contribution in [0.15, 0.2) is 36.4 Å². The molecule has 0 saturated heterocycles. The lowest BCUT2D eigenvalue weighted by Gasteiger charge is -2.13. The second kappa shape index (κ2) is 5.84. The average molecular weight is 295 g/mol. The third-order valence-electron chi connectivity index (χ3n) is 2.77. The van der Waals surface area contributed by atoms with Gasteiger partial charge in [-0.05, 0) is 25.1 Å². The van der Waals surface area contributed by atoms with Gasteiger partial charge in [0.05, 0.1) is 16.6 Å². The van der Waals surface area contributed by atoms with Crippen LogP contribution in [0.3, 0.4) is 0 Å². The maximum absolute atomic E-state index is 13.6. The maximum Gasteiger partial charge on any atom is 0.305 e. The molecule has 0 aliphatic heterocycles. The van der Waals surface area contributed by atoms with Crippen LogP contribution in [0.25, 0.3) is 0 Å². The van der Waals surface area contributed by atoms with Crippen molar-refractivity contribution >= 4 is 5.69 Å². The van der Waals surface area contributed by atoms with E-state index in [9.17, 15) is 24.0 Å². The third kappa shape index (κ3) is 3.14. The Morgan fingerprint density at radius 1 is 1.24 bits per heavy atom. The quantitative estimate of drug-likeness (QED) is 0.689. The minimum atomic E-state index is -1.12. The van der Waals surface area contributed by atoms with Crippen LogP contribution in [-0.2, 0) is 0 Å². The molecule has 0 radical (unpaired) electrons. The highest BCUT2D eigenvalue weighted by Gasteiger charge is 2.18. The molecule has 110 valence electrons. The molecule has 21 heavy (non-hydrogen) atoms. The Bertz CT molecular complexity index is 689. The van der Waals surface area contributed by atoms with E-state index in [-0.39, 0.29) is 17.1 Å². The van der Waals surface area contributed by atoms with Crippen LogP contribution in [0.4, 0.5) is 14.5 Å². The molecule has 2 aromatic carbocycles. The van der Waals surface area contributed by atoms with Crippen LogP contribution in [0.5, 0.6) is 11.5 Å². The summed E-state index contributed by atoms with van der Waals surface area (Å²) in [5.41, 5.74) is -0.756. The lowest BCUT2D eigenvalue weighted by molar-refractivity contribution is -0.387. The molecule has 0 saturated carbocycles. The average Bonchev–Trinajstić information content (AvgIpc) is 2.37. The Morgan fingerprint density at radius 2 is 1.95 bits per heavy atom. The second-order valence-electron chi connectivity index (χ2n) is 4.30. The van der Waals surface area contributed by atoms with Crippen molar-refractivity contribution in [2.45, 2.75) is 13.0 Å². The Balaban J connectivity index is 2.37. The Morgan fingerprint density at radius 3 is 2.52 bits per heavy atom. The number of nitro benzene ring substituents is 1. The summed E-state index contributed by atoms with van der Waals surface area (Å²) in [5, 5.41) is 20.1. The standard InChI is InChI=1S/C14H11F2NO4/c1-8(18)14-10(15)3-2-4-13(14)21-9-5-6-12(17(19)20)11(16)7-9/h2-8,18H,1H3. The van der Waals surface area contributed by atoms with Gasteiger partial charge in [0.25, 0.3) is 0 Å². The molecule has 0 fully saturated rings. The van der Waals surface area contributed by atoms with Crippen molar-refractivity contribution in [3.63, 3.8) is 0 Å². The van der Waals surface area contributed by atoms with Crippen molar-refractivity contribution in [3.8, 4) is 11.5 Å². The lowest BCUT2D eigenvalue weighted by atomic mass is 10.1. The summed E-state index contributed by atoms with van der Waals surface area (Å²) in [6.07, 6.45) is -1.12. The molecule has 0 aromatic heterocycles. The van der Waals surface area contributed by atoms with Crippen molar-refractivity contribution < 1.29 is 23.5 Å². The maximum atomic E-state index is 13.6. The van der Waals surface area contributed by atoms with E-state index in [0.717, 1.165) is 18.2 Å². The van der Waals surface area contributed by atoms with E-state index in [0.29, 0.717) is 0 Å². The van der Waals surface area contributed by atoms with Crippen LogP contribution in [0.2, 0.25) is 0 Å². The number of ether oxygens (including phenoxy) is 1. The van der Waals surface area contributed by atoms with Gasteiger partial charge in [-0.1, -0.05) is 6.07 Å². The molecule has 2 aromatic rings. The van der Waals surface area contributed by atoms with E-state index < -0.39 is 28.3 Å². The molecule has 0 heterocycles. The van der Waals surface area contributed by atoms with Crippen LogP contribution >= 0.6 is 0 Å². The molecule has 0 amide bonds. The SMILES string of the molecule is CC(O)c1c(F)cccc1Oc1ccc([N+](=O)[O-])c(F)c1. The number of aliphatic hydroxyl groups is 1. The van der Waals surface area contributed by atoms with Crippen LogP contribution in [0.1, 0.15) is 18.6 Å². The number of aliphatic hydroxyl groups excluding tert-OH is 1. The summed E-state index contributed by atoms with van der Waals surface area (Å²) < 4.78 is 32.5. The minimum absolute atomic E-state index is 0.0123. The predicted molar refractivity (Wildman–Crippen MR) is 70.2 cm³/mol. The van der Waals surface area contributed by atoms with E-state index in [1.165, 1.54) is 25.1 Å². The first kappa shape index (κ1) is 14.9. The number of rotatable bonds is 4. The third-order valence-corrected chi connectivity index (χ3v) is 2.77. The van der Waals surface area contributed by atoms with Gasteiger partial charge in [-0.2, -0.15) is 4.39 Å². The second-order valence-corrected chi connectivity index (χ2v) is 4.30. The van der Waals surface area contributed by atoms with Crippen LogP contribution in [0, 0.1) is 21.7 Å². The molecule has 1 N–H and O–H groups in total. The first-order valence-electron chi connectivity index (χ1n) is 5.98. The zero-order valence-electron chi connectivity index (χ0n) is 10.9.